The van der Waals surface area contributed by atoms with Crippen LogP contribution < -0.4 is 0 Å². The van der Waals surface area contributed by atoms with Crippen LogP contribution in [0.4, 0.5) is 4.39 Å². The Balaban J connectivity index is 2.21. The molecule has 3 rings (SSSR count). The second-order valence-corrected chi connectivity index (χ2v) is 6.43. The quantitative estimate of drug-likeness (QED) is 0.781. The van der Waals surface area contributed by atoms with Crippen LogP contribution in [0.15, 0.2) is 35.3 Å². The maximum Gasteiger partial charge on any atom is 0.216 e. The molecule has 0 aromatic heterocycles. The number of rotatable bonds is 3. The lowest BCUT2D eigenvalue weighted by Crippen LogP contribution is -2.05. The number of hydrogen-bond acceptors (Lipinski definition) is 2. The Morgan fingerprint density at radius 1 is 1.04 bits per heavy atom. The van der Waals surface area contributed by atoms with Crippen molar-refractivity contribution in [1.82, 2.24) is 0 Å². The largest absolute Gasteiger partial charge is 0.475 e. The van der Waals surface area contributed by atoms with E-state index in [9.17, 15) is 4.39 Å². The monoisotopic (exact) mass is 311 g/mol. The Morgan fingerprint density at radius 2 is 1.83 bits per heavy atom. The fraction of sp³-hybridized carbons (Fsp3) is 0.350. The fourth-order valence-electron chi connectivity index (χ4n) is 2.99. The Kier molecular flexibility index (Phi) is 4.20. The van der Waals surface area contributed by atoms with Crippen molar-refractivity contribution in [2.24, 2.45) is 4.99 Å². The van der Waals surface area contributed by atoms with E-state index in [4.69, 9.17) is 4.74 Å². The predicted molar refractivity (Wildman–Crippen MR) is 92.8 cm³/mol. The smallest absolute Gasteiger partial charge is 0.216 e. The lowest BCUT2D eigenvalue weighted by atomic mass is 9.90. The van der Waals surface area contributed by atoms with Crippen LogP contribution in [0.1, 0.15) is 42.0 Å². The molecule has 3 heteroatoms. The molecule has 2 nitrogen and oxygen atoms in total. The molecule has 0 saturated heterocycles. The molecule has 1 aliphatic rings. The van der Waals surface area contributed by atoms with Gasteiger partial charge in [0.1, 0.15) is 12.4 Å². The second kappa shape index (κ2) is 6.15. The zero-order chi connectivity index (χ0) is 16.6. The Hall–Kier alpha value is -2.16. The van der Waals surface area contributed by atoms with Crippen molar-refractivity contribution < 1.29 is 9.13 Å². The first kappa shape index (κ1) is 15.7. The van der Waals surface area contributed by atoms with Crippen molar-refractivity contribution in [1.29, 1.82) is 0 Å². The van der Waals surface area contributed by atoms with Crippen LogP contribution in [0.25, 0.3) is 11.1 Å². The van der Waals surface area contributed by atoms with Gasteiger partial charge in [-0.25, -0.2) is 9.38 Å². The molecule has 0 spiro atoms. The van der Waals surface area contributed by atoms with Gasteiger partial charge in [-0.3, -0.25) is 0 Å². The minimum atomic E-state index is -0.135. The summed E-state index contributed by atoms with van der Waals surface area (Å²) in [7, 11) is 0. The van der Waals surface area contributed by atoms with Gasteiger partial charge in [-0.15, -0.1) is 0 Å². The third-order valence-electron chi connectivity index (χ3n) is 4.25. The first-order valence-corrected chi connectivity index (χ1v) is 8.06. The number of benzene rings is 2. The molecular formula is C20H22FNO. The molecule has 2 aromatic carbocycles. The zero-order valence-electron chi connectivity index (χ0n) is 14.1. The van der Waals surface area contributed by atoms with E-state index in [1.807, 2.05) is 26.8 Å². The highest BCUT2D eigenvalue weighted by Crippen LogP contribution is 2.33. The molecule has 1 heterocycles. The van der Waals surface area contributed by atoms with Gasteiger partial charge in [0.25, 0.3) is 0 Å². The molecule has 2 aromatic rings. The Bertz CT molecular complexity index is 777. The number of ether oxygens (including phenoxy) is 1. The maximum absolute atomic E-state index is 14.2. The van der Waals surface area contributed by atoms with Crippen molar-refractivity contribution in [2.45, 2.75) is 33.6 Å². The van der Waals surface area contributed by atoms with Gasteiger partial charge in [0.2, 0.25) is 5.90 Å². The van der Waals surface area contributed by atoms with Crippen molar-refractivity contribution in [2.75, 3.05) is 13.2 Å². The highest BCUT2D eigenvalue weighted by molar-refractivity contribution is 6.02. The van der Waals surface area contributed by atoms with E-state index in [1.165, 1.54) is 0 Å². The molecule has 0 radical (unpaired) electrons. The van der Waals surface area contributed by atoms with Gasteiger partial charge >= 0.3 is 0 Å². The molecule has 1 aliphatic heterocycles. The van der Waals surface area contributed by atoms with Gasteiger partial charge in [-0.05, 0) is 60.2 Å². The normalized spacial score (nSPS) is 14.1. The number of halogens is 1. The summed E-state index contributed by atoms with van der Waals surface area (Å²) in [4.78, 5) is 4.46. The highest BCUT2D eigenvalue weighted by atomic mass is 19.1. The van der Waals surface area contributed by atoms with Gasteiger partial charge in [-0.1, -0.05) is 31.5 Å². The van der Waals surface area contributed by atoms with Gasteiger partial charge < -0.3 is 4.74 Å². The van der Waals surface area contributed by atoms with Crippen LogP contribution in [0.5, 0.6) is 0 Å². The summed E-state index contributed by atoms with van der Waals surface area (Å²) in [6, 6.07) is 9.85. The first-order valence-electron chi connectivity index (χ1n) is 8.06. The lowest BCUT2D eigenvalue weighted by Gasteiger charge is -2.16. The molecule has 0 N–H and O–H groups in total. The molecule has 0 bridgehead atoms. The molecule has 0 unspecified atom stereocenters. The van der Waals surface area contributed by atoms with Crippen molar-refractivity contribution in [3.05, 3.63) is 58.4 Å². The van der Waals surface area contributed by atoms with Crippen molar-refractivity contribution >= 4 is 5.90 Å². The molecule has 0 atom stereocenters. The van der Waals surface area contributed by atoms with E-state index in [0.717, 1.165) is 33.4 Å². The number of hydrogen-bond donors (Lipinski definition) is 0. The average molecular weight is 311 g/mol. The minimum absolute atomic E-state index is 0.135. The van der Waals surface area contributed by atoms with E-state index in [1.54, 1.807) is 6.07 Å². The summed E-state index contributed by atoms with van der Waals surface area (Å²) in [5.41, 5.74) is 5.92. The molecule has 120 valence electrons. The average Bonchev–Trinajstić information content (AvgIpc) is 3.01. The third kappa shape index (κ3) is 3.00. The highest BCUT2D eigenvalue weighted by Gasteiger charge is 2.19. The SMILES string of the molecule is Cc1ccc(-c2cc(C(C)C)c(F)cc2C)c(C2=NCCO2)c1. The number of nitrogens with zero attached hydrogens (tertiary/aromatic N) is 1. The third-order valence-corrected chi connectivity index (χ3v) is 4.25. The van der Waals surface area contributed by atoms with Gasteiger partial charge in [-0.2, -0.15) is 0 Å². The predicted octanol–water partition coefficient (Wildman–Crippen LogP) is 5.01. The Labute approximate surface area is 137 Å². The topological polar surface area (TPSA) is 21.6 Å². The fourth-order valence-corrected chi connectivity index (χ4v) is 2.99. The number of aryl methyl sites for hydroxylation is 2. The summed E-state index contributed by atoms with van der Waals surface area (Å²) in [6.45, 7) is 9.35. The van der Waals surface area contributed by atoms with Crippen LogP contribution in [0, 0.1) is 19.7 Å². The van der Waals surface area contributed by atoms with Gasteiger partial charge in [0.15, 0.2) is 0 Å². The lowest BCUT2D eigenvalue weighted by molar-refractivity contribution is 0.348. The molecule has 0 aliphatic carbocycles. The standard InChI is InChI=1S/C20H22FNO/c1-12(2)16-11-17(14(4)10-19(16)21)15-6-5-13(3)9-18(15)20-22-7-8-23-20/h5-6,9-12H,7-8H2,1-4H3. The van der Waals surface area contributed by atoms with E-state index in [-0.39, 0.29) is 11.7 Å². The molecule has 0 amide bonds. The summed E-state index contributed by atoms with van der Waals surface area (Å²) in [5, 5.41) is 0. The van der Waals surface area contributed by atoms with E-state index < -0.39 is 0 Å². The number of aliphatic imine (C=N–C) groups is 1. The molecule has 0 fully saturated rings. The minimum Gasteiger partial charge on any atom is -0.475 e. The van der Waals surface area contributed by atoms with E-state index in [0.29, 0.717) is 19.0 Å². The zero-order valence-corrected chi connectivity index (χ0v) is 14.1. The van der Waals surface area contributed by atoms with Crippen LogP contribution in [0.2, 0.25) is 0 Å². The second-order valence-electron chi connectivity index (χ2n) is 6.43. The van der Waals surface area contributed by atoms with Gasteiger partial charge in [0.05, 0.1) is 6.54 Å². The Morgan fingerprint density at radius 3 is 2.48 bits per heavy atom. The van der Waals surface area contributed by atoms with E-state index >= 15 is 0 Å². The van der Waals surface area contributed by atoms with Crippen molar-refractivity contribution in [3.8, 4) is 11.1 Å². The summed E-state index contributed by atoms with van der Waals surface area (Å²) in [5.74, 6) is 0.700. The van der Waals surface area contributed by atoms with Crippen molar-refractivity contribution in [3.63, 3.8) is 0 Å². The summed E-state index contributed by atoms with van der Waals surface area (Å²) < 4.78 is 19.9. The molecular weight excluding hydrogens is 289 g/mol. The van der Waals surface area contributed by atoms with E-state index in [2.05, 4.69) is 30.1 Å². The molecule has 0 saturated carbocycles. The summed E-state index contributed by atoms with van der Waals surface area (Å²) >= 11 is 0. The van der Waals surface area contributed by atoms with Crippen LogP contribution >= 0.6 is 0 Å². The maximum atomic E-state index is 14.2. The van der Waals surface area contributed by atoms with Gasteiger partial charge in [0, 0.05) is 5.56 Å². The van der Waals surface area contributed by atoms with Crippen LogP contribution in [0.3, 0.4) is 0 Å². The summed E-state index contributed by atoms with van der Waals surface area (Å²) in [6.07, 6.45) is 0. The van der Waals surface area contributed by atoms with Crippen LogP contribution in [-0.4, -0.2) is 19.0 Å². The molecule has 23 heavy (non-hydrogen) atoms. The van der Waals surface area contributed by atoms with Crippen LogP contribution in [-0.2, 0) is 4.74 Å². The first-order chi connectivity index (χ1) is 11.0.